The second-order valence-corrected chi connectivity index (χ2v) is 7.50. The van der Waals surface area contributed by atoms with Crippen molar-refractivity contribution < 1.29 is 14.6 Å². The van der Waals surface area contributed by atoms with Crippen LogP contribution in [0.25, 0.3) is 6.08 Å². The molecule has 1 aromatic carbocycles. The minimum atomic E-state index is -0.446. The normalized spacial score (nSPS) is 17.4. The number of aliphatic hydroxyl groups excluding tert-OH is 1. The van der Waals surface area contributed by atoms with Crippen LogP contribution in [0.1, 0.15) is 69.6 Å². The summed E-state index contributed by atoms with van der Waals surface area (Å²) in [6.07, 6.45) is 9.06. The predicted octanol–water partition coefficient (Wildman–Crippen LogP) is 4.38. The molecular formula is C23H35NO3. The van der Waals surface area contributed by atoms with Crippen LogP contribution in [0.2, 0.25) is 0 Å². The standard InChI is InChI=1S/C23H35NO3/c1-3-10-21(25)13-6-4-11-20-12-5-7-14-23(20)19(2)27-18-22(26)17-24-15-8-9-16-24/h4-5,7,11-12,14,19,22,26H,3,6,8-10,13,15-18H2,1-2H3/b11-4+. The molecule has 0 bridgehead atoms. The average molecular weight is 374 g/mol. The lowest BCUT2D eigenvalue weighted by Crippen LogP contribution is -2.33. The van der Waals surface area contributed by atoms with Crippen LogP contribution in [0.5, 0.6) is 0 Å². The predicted molar refractivity (Wildman–Crippen MR) is 111 cm³/mol. The minimum Gasteiger partial charge on any atom is -0.389 e. The molecule has 2 rings (SSSR count). The van der Waals surface area contributed by atoms with Gasteiger partial charge >= 0.3 is 0 Å². The first-order valence-electron chi connectivity index (χ1n) is 10.4. The Labute approximate surface area is 164 Å². The number of likely N-dealkylation sites (tertiary alicyclic amines) is 1. The summed E-state index contributed by atoms with van der Waals surface area (Å²) < 4.78 is 5.95. The van der Waals surface area contributed by atoms with Crippen molar-refractivity contribution in [2.24, 2.45) is 0 Å². The number of hydrogen-bond acceptors (Lipinski definition) is 4. The van der Waals surface area contributed by atoms with E-state index in [4.69, 9.17) is 4.74 Å². The van der Waals surface area contributed by atoms with E-state index < -0.39 is 6.10 Å². The number of ketones is 1. The van der Waals surface area contributed by atoms with Gasteiger partial charge in [-0.2, -0.15) is 0 Å². The third-order valence-corrected chi connectivity index (χ3v) is 5.06. The molecule has 150 valence electrons. The zero-order chi connectivity index (χ0) is 19.5. The van der Waals surface area contributed by atoms with E-state index in [-0.39, 0.29) is 6.10 Å². The van der Waals surface area contributed by atoms with Crippen LogP contribution in [0.3, 0.4) is 0 Å². The molecule has 2 unspecified atom stereocenters. The highest BCUT2D eigenvalue weighted by molar-refractivity contribution is 5.78. The van der Waals surface area contributed by atoms with E-state index in [1.807, 2.05) is 26.0 Å². The van der Waals surface area contributed by atoms with Crippen molar-refractivity contribution >= 4 is 11.9 Å². The summed E-state index contributed by atoms with van der Waals surface area (Å²) in [5.41, 5.74) is 2.23. The summed E-state index contributed by atoms with van der Waals surface area (Å²) >= 11 is 0. The van der Waals surface area contributed by atoms with Gasteiger partial charge in [0, 0.05) is 19.4 Å². The number of carbonyl (C=O) groups is 1. The molecule has 1 heterocycles. The maximum absolute atomic E-state index is 11.6. The first-order chi connectivity index (χ1) is 13.1. The van der Waals surface area contributed by atoms with Gasteiger partial charge in [0.25, 0.3) is 0 Å². The summed E-state index contributed by atoms with van der Waals surface area (Å²) in [5.74, 6) is 0.333. The zero-order valence-corrected chi connectivity index (χ0v) is 16.9. The lowest BCUT2D eigenvalue weighted by molar-refractivity contribution is -0.119. The summed E-state index contributed by atoms with van der Waals surface area (Å²) in [6, 6.07) is 8.16. The number of ether oxygens (including phenoxy) is 1. The van der Waals surface area contributed by atoms with Gasteiger partial charge in [-0.3, -0.25) is 4.79 Å². The van der Waals surface area contributed by atoms with Crippen molar-refractivity contribution in [3.05, 3.63) is 41.5 Å². The number of carbonyl (C=O) groups excluding carboxylic acids is 1. The molecule has 1 aromatic rings. The monoisotopic (exact) mass is 373 g/mol. The number of β-amino-alcohol motifs (C(OH)–C–C–N with tert-alkyl or cyclic N) is 1. The average Bonchev–Trinajstić information content (AvgIpc) is 3.17. The molecule has 1 aliphatic heterocycles. The van der Waals surface area contributed by atoms with Gasteiger partial charge < -0.3 is 14.7 Å². The summed E-state index contributed by atoms with van der Waals surface area (Å²) in [7, 11) is 0. The fourth-order valence-corrected chi connectivity index (χ4v) is 3.55. The van der Waals surface area contributed by atoms with Crippen LogP contribution >= 0.6 is 0 Å². The molecule has 0 amide bonds. The smallest absolute Gasteiger partial charge is 0.133 e. The van der Waals surface area contributed by atoms with Crippen LogP contribution in [-0.4, -0.2) is 48.1 Å². The number of nitrogens with zero attached hydrogens (tertiary/aromatic N) is 1. The van der Waals surface area contributed by atoms with Crippen molar-refractivity contribution in [3.8, 4) is 0 Å². The van der Waals surface area contributed by atoms with Gasteiger partial charge in [-0.05, 0) is 56.8 Å². The fourth-order valence-electron chi connectivity index (χ4n) is 3.55. The molecule has 27 heavy (non-hydrogen) atoms. The number of rotatable bonds is 12. The molecule has 1 N–H and O–H groups in total. The van der Waals surface area contributed by atoms with Crippen LogP contribution in [0.4, 0.5) is 0 Å². The van der Waals surface area contributed by atoms with E-state index in [0.29, 0.717) is 31.8 Å². The molecular weight excluding hydrogens is 338 g/mol. The molecule has 0 saturated carbocycles. The van der Waals surface area contributed by atoms with Crippen molar-refractivity contribution in [1.82, 2.24) is 4.90 Å². The summed E-state index contributed by atoms with van der Waals surface area (Å²) in [5, 5.41) is 10.2. The highest BCUT2D eigenvalue weighted by Crippen LogP contribution is 2.23. The van der Waals surface area contributed by atoms with Gasteiger partial charge in [-0.25, -0.2) is 0 Å². The molecule has 1 saturated heterocycles. The van der Waals surface area contributed by atoms with E-state index in [0.717, 1.165) is 37.1 Å². The summed E-state index contributed by atoms with van der Waals surface area (Å²) in [4.78, 5) is 13.9. The Balaban J connectivity index is 1.82. The highest BCUT2D eigenvalue weighted by atomic mass is 16.5. The second-order valence-electron chi connectivity index (χ2n) is 7.50. The number of Topliss-reactive ketones (excluding diaryl/α,β-unsaturated/α-hetero) is 1. The molecule has 4 heteroatoms. The third kappa shape index (κ3) is 7.96. The topological polar surface area (TPSA) is 49.8 Å². The van der Waals surface area contributed by atoms with Gasteiger partial charge in [0.1, 0.15) is 5.78 Å². The van der Waals surface area contributed by atoms with Crippen molar-refractivity contribution in [2.75, 3.05) is 26.2 Å². The quantitative estimate of drug-likeness (QED) is 0.590. The van der Waals surface area contributed by atoms with Gasteiger partial charge in [0.15, 0.2) is 0 Å². The SMILES string of the molecule is CCCC(=O)CC/C=C/c1ccccc1C(C)OCC(O)CN1CCCC1. The minimum absolute atomic E-state index is 0.0826. The Kier molecular flexibility index (Phi) is 9.74. The Morgan fingerprint density at radius 2 is 2.00 bits per heavy atom. The Morgan fingerprint density at radius 1 is 1.26 bits per heavy atom. The van der Waals surface area contributed by atoms with Crippen LogP contribution < -0.4 is 0 Å². The van der Waals surface area contributed by atoms with Crippen LogP contribution in [0.15, 0.2) is 30.3 Å². The van der Waals surface area contributed by atoms with E-state index >= 15 is 0 Å². The number of allylic oxidation sites excluding steroid dienone is 1. The van der Waals surface area contributed by atoms with E-state index in [1.165, 1.54) is 12.8 Å². The molecule has 1 aliphatic rings. The van der Waals surface area contributed by atoms with Gasteiger partial charge in [-0.1, -0.05) is 43.3 Å². The fraction of sp³-hybridized carbons (Fsp3) is 0.609. The van der Waals surface area contributed by atoms with E-state index in [1.54, 1.807) is 0 Å². The van der Waals surface area contributed by atoms with E-state index in [2.05, 4.69) is 29.2 Å². The number of benzene rings is 1. The van der Waals surface area contributed by atoms with Crippen LogP contribution in [-0.2, 0) is 9.53 Å². The van der Waals surface area contributed by atoms with Gasteiger partial charge in [0.2, 0.25) is 0 Å². The van der Waals surface area contributed by atoms with E-state index in [9.17, 15) is 9.90 Å². The third-order valence-electron chi connectivity index (χ3n) is 5.06. The second kappa shape index (κ2) is 12.1. The maximum atomic E-state index is 11.6. The van der Waals surface area contributed by atoms with Crippen molar-refractivity contribution in [2.45, 2.75) is 64.6 Å². The highest BCUT2D eigenvalue weighted by Gasteiger charge is 2.17. The molecule has 0 aliphatic carbocycles. The molecule has 0 radical (unpaired) electrons. The Hall–Kier alpha value is -1.49. The van der Waals surface area contributed by atoms with Gasteiger partial charge in [0.05, 0.1) is 18.8 Å². The van der Waals surface area contributed by atoms with Crippen molar-refractivity contribution in [1.29, 1.82) is 0 Å². The Bertz CT molecular complexity index is 593. The lowest BCUT2D eigenvalue weighted by atomic mass is 10.0. The largest absolute Gasteiger partial charge is 0.389 e. The van der Waals surface area contributed by atoms with Crippen molar-refractivity contribution in [3.63, 3.8) is 0 Å². The summed E-state index contributed by atoms with van der Waals surface area (Å²) in [6.45, 7) is 7.27. The zero-order valence-electron chi connectivity index (χ0n) is 16.9. The molecule has 1 fully saturated rings. The van der Waals surface area contributed by atoms with Crippen LogP contribution in [0, 0.1) is 0 Å². The maximum Gasteiger partial charge on any atom is 0.133 e. The first kappa shape index (κ1) is 21.8. The number of hydrogen-bond donors (Lipinski definition) is 1. The lowest BCUT2D eigenvalue weighted by Gasteiger charge is -2.22. The molecule has 2 atom stereocenters. The Morgan fingerprint density at radius 3 is 2.74 bits per heavy atom. The molecule has 0 aromatic heterocycles. The first-order valence-corrected chi connectivity index (χ1v) is 10.4. The number of aliphatic hydroxyl groups is 1. The molecule has 4 nitrogen and oxygen atoms in total. The molecule has 0 spiro atoms. The van der Waals surface area contributed by atoms with Gasteiger partial charge in [-0.15, -0.1) is 0 Å².